The van der Waals surface area contributed by atoms with Crippen LogP contribution in [-0.2, 0) is 6.54 Å². The number of nitrogens with zero attached hydrogens (tertiary/aromatic N) is 2. The number of amides is 1. The highest BCUT2D eigenvalue weighted by molar-refractivity contribution is 5.94. The van der Waals surface area contributed by atoms with Crippen LogP contribution in [0, 0.1) is 0 Å². The summed E-state index contributed by atoms with van der Waals surface area (Å²) in [7, 11) is 4.07. The predicted octanol–water partition coefficient (Wildman–Crippen LogP) is 2.13. The Kier molecular flexibility index (Phi) is 5.76. The summed E-state index contributed by atoms with van der Waals surface area (Å²) in [5, 5.41) is 8.96. The lowest BCUT2D eigenvalue weighted by molar-refractivity contribution is 0.0724. The van der Waals surface area contributed by atoms with Crippen molar-refractivity contribution in [1.29, 1.82) is 0 Å². The van der Waals surface area contributed by atoms with E-state index in [1.807, 2.05) is 43.3 Å². The van der Waals surface area contributed by atoms with E-state index in [2.05, 4.69) is 4.90 Å². The molecule has 21 heavy (non-hydrogen) atoms. The largest absolute Gasteiger partial charge is 0.396 e. The predicted molar refractivity (Wildman–Crippen MR) is 84.2 cm³/mol. The molecule has 4 heteroatoms. The van der Waals surface area contributed by atoms with Crippen molar-refractivity contribution in [2.45, 2.75) is 38.3 Å². The number of carbonyl (C=O) groups is 1. The van der Waals surface area contributed by atoms with Crippen molar-refractivity contribution in [2.75, 3.05) is 27.2 Å². The highest BCUT2D eigenvalue weighted by atomic mass is 16.3. The van der Waals surface area contributed by atoms with Crippen LogP contribution in [0.3, 0.4) is 0 Å². The number of benzene rings is 1. The molecular weight excluding hydrogens is 264 g/mol. The van der Waals surface area contributed by atoms with Crippen LogP contribution in [0.2, 0.25) is 0 Å². The fourth-order valence-electron chi connectivity index (χ4n) is 3.01. The van der Waals surface area contributed by atoms with Crippen LogP contribution in [0.15, 0.2) is 24.3 Å². The quantitative estimate of drug-likeness (QED) is 0.873. The third kappa shape index (κ3) is 4.29. The van der Waals surface area contributed by atoms with Gasteiger partial charge < -0.3 is 14.9 Å². The molecule has 1 aliphatic heterocycles. The molecule has 1 atom stereocenters. The lowest BCUT2D eigenvalue weighted by atomic mass is 10.1. The van der Waals surface area contributed by atoms with E-state index in [1.54, 1.807) is 0 Å². The Hall–Kier alpha value is -1.39. The Bertz CT molecular complexity index is 456. The minimum absolute atomic E-state index is 0.131. The highest BCUT2D eigenvalue weighted by Gasteiger charge is 2.28. The summed E-state index contributed by atoms with van der Waals surface area (Å²) < 4.78 is 0. The van der Waals surface area contributed by atoms with Crippen molar-refractivity contribution < 1.29 is 9.90 Å². The summed E-state index contributed by atoms with van der Waals surface area (Å²) in [5.74, 6) is 0.131. The van der Waals surface area contributed by atoms with Crippen molar-refractivity contribution in [3.63, 3.8) is 0 Å². The summed E-state index contributed by atoms with van der Waals surface area (Å²) in [4.78, 5) is 16.7. The number of aliphatic hydroxyl groups is 1. The molecule has 1 aromatic rings. The monoisotopic (exact) mass is 290 g/mol. The summed E-state index contributed by atoms with van der Waals surface area (Å²) in [6.45, 7) is 1.93. The Labute approximate surface area is 127 Å². The molecule has 0 saturated carbocycles. The topological polar surface area (TPSA) is 43.8 Å². The molecule has 0 spiro atoms. The molecule has 0 bridgehead atoms. The summed E-state index contributed by atoms with van der Waals surface area (Å²) >= 11 is 0. The molecule has 1 N–H and O–H groups in total. The van der Waals surface area contributed by atoms with Crippen LogP contribution in [0.5, 0.6) is 0 Å². The van der Waals surface area contributed by atoms with Gasteiger partial charge in [0.2, 0.25) is 0 Å². The summed E-state index contributed by atoms with van der Waals surface area (Å²) in [5.41, 5.74) is 1.99. The van der Waals surface area contributed by atoms with Crippen molar-refractivity contribution in [2.24, 2.45) is 0 Å². The Morgan fingerprint density at radius 1 is 1.33 bits per heavy atom. The zero-order valence-corrected chi connectivity index (χ0v) is 13.1. The van der Waals surface area contributed by atoms with Gasteiger partial charge in [0.25, 0.3) is 5.91 Å². The zero-order chi connectivity index (χ0) is 15.2. The Morgan fingerprint density at radius 3 is 2.67 bits per heavy atom. The third-order valence-corrected chi connectivity index (χ3v) is 4.03. The Morgan fingerprint density at radius 2 is 2.05 bits per heavy atom. The average Bonchev–Trinajstić information content (AvgIpc) is 2.93. The zero-order valence-electron chi connectivity index (χ0n) is 13.1. The van der Waals surface area contributed by atoms with Crippen molar-refractivity contribution >= 4 is 5.91 Å². The van der Waals surface area contributed by atoms with Gasteiger partial charge in [0.1, 0.15) is 0 Å². The van der Waals surface area contributed by atoms with Gasteiger partial charge in [-0.3, -0.25) is 4.79 Å². The van der Waals surface area contributed by atoms with Gasteiger partial charge in [-0.15, -0.1) is 0 Å². The van der Waals surface area contributed by atoms with E-state index in [0.717, 1.165) is 44.3 Å². The maximum absolute atomic E-state index is 12.6. The molecule has 1 unspecified atom stereocenters. The smallest absolute Gasteiger partial charge is 0.254 e. The Balaban J connectivity index is 2.01. The van der Waals surface area contributed by atoms with Crippen LogP contribution in [0.1, 0.15) is 41.6 Å². The first-order chi connectivity index (χ1) is 10.1. The second-order valence-electron chi connectivity index (χ2n) is 6.10. The first kappa shape index (κ1) is 16.0. The normalized spacial score (nSPS) is 18.5. The van der Waals surface area contributed by atoms with E-state index in [4.69, 9.17) is 5.11 Å². The third-order valence-electron chi connectivity index (χ3n) is 4.03. The standard InChI is InChI=1S/C17H26N2O2/c1-18(2)13-14-7-9-15(10-8-14)17(21)19-11-3-5-16(19)6-4-12-20/h7-10,16,20H,3-6,11-13H2,1-2H3. The SMILES string of the molecule is CN(C)Cc1ccc(C(=O)N2CCCC2CCCO)cc1. The molecule has 1 amide bonds. The van der Waals surface area contributed by atoms with E-state index in [9.17, 15) is 4.79 Å². The molecule has 1 fully saturated rings. The lowest BCUT2D eigenvalue weighted by Crippen LogP contribution is -2.35. The molecule has 0 radical (unpaired) electrons. The second-order valence-corrected chi connectivity index (χ2v) is 6.10. The molecule has 1 aliphatic rings. The fraction of sp³-hybridized carbons (Fsp3) is 0.588. The van der Waals surface area contributed by atoms with Crippen LogP contribution in [-0.4, -0.2) is 54.1 Å². The van der Waals surface area contributed by atoms with E-state index in [1.165, 1.54) is 5.56 Å². The van der Waals surface area contributed by atoms with Gasteiger partial charge in [0, 0.05) is 31.3 Å². The van der Waals surface area contributed by atoms with Crippen LogP contribution >= 0.6 is 0 Å². The minimum Gasteiger partial charge on any atom is -0.396 e. The van der Waals surface area contributed by atoms with Crippen molar-refractivity contribution in [1.82, 2.24) is 9.80 Å². The molecule has 1 saturated heterocycles. The second kappa shape index (κ2) is 7.57. The number of carbonyl (C=O) groups excluding carboxylic acids is 1. The van der Waals surface area contributed by atoms with Crippen LogP contribution < -0.4 is 0 Å². The molecule has 0 aliphatic carbocycles. The number of hydrogen-bond acceptors (Lipinski definition) is 3. The van der Waals surface area contributed by atoms with E-state index in [-0.39, 0.29) is 12.5 Å². The van der Waals surface area contributed by atoms with Gasteiger partial charge in [0.15, 0.2) is 0 Å². The van der Waals surface area contributed by atoms with Crippen molar-refractivity contribution in [3.8, 4) is 0 Å². The summed E-state index contributed by atoms with van der Waals surface area (Å²) in [6.07, 6.45) is 3.81. The van der Waals surface area contributed by atoms with E-state index in [0.29, 0.717) is 6.04 Å². The van der Waals surface area contributed by atoms with Gasteiger partial charge in [-0.25, -0.2) is 0 Å². The number of rotatable bonds is 6. The van der Waals surface area contributed by atoms with Crippen LogP contribution in [0.4, 0.5) is 0 Å². The van der Waals surface area contributed by atoms with Crippen molar-refractivity contribution in [3.05, 3.63) is 35.4 Å². The van der Waals surface area contributed by atoms with Gasteiger partial charge in [-0.1, -0.05) is 12.1 Å². The fourth-order valence-corrected chi connectivity index (χ4v) is 3.01. The van der Waals surface area contributed by atoms with Gasteiger partial charge in [-0.05, 0) is 57.5 Å². The van der Waals surface area contributed by atoms with Gasteiger partial charge in [0.05, 0.1) is 0 Å². The molecule has 1 aromatic carbocycles. The molecular formula is C17H26N2O2. The number of likely N-dealkylation sites (tertiary alicyclic amines) is 1. The minimum atomic E-state index is 0.131. The van der Waals surface area contributed by atoms with Gasteiger partial charge >= 0.3 is 0 Å². The maximum atomic E-state index is 12.6. The lowest BCUT2D eigenvalue weighted by Gasteiger charge is -2.24. The van der Waals surface area contributed by atoms with Gasteiger partial charge in [-0.2, -0.15) is 0 Å². The van der Waals surface area contributed by atoms with E-state index < -0.39 is 0 Å². The molecule has 1 heterocycles. The van der Waals surface area contributed by atoms with E-state index >= 15 is 0 Å². The number of hydrogen-bond donors (Lipinski definition) is 1. The molecule has 2 rings (SSSR count). The van der Waals surface area contributed by atoms with Crippen LogP contribution in [0.25, 0.3) is 0 Å². The maximum Gasteiger partial charge on any atom is 0.254 e. The molecule has 0 aromatic heterocycles. The molecule has 4 nitrogen and oxygen atoms in total. The first-order valence-electron chi connectivity index (χ1n) is 7.77. The number of aliphatic hydroxyl groups excluding tert-OH is 1. The first-order valence-corrected chi connectivity index (χ1v) is 7.77. The molecule has 116 valence electrons. The highest BCUT2D eigenvalue weighted by Crippen LogP contribution is 2.23. The average molecular weight is 290 g/mol. The summed E-state index contributed by atoms with van der Waals surface area (Å²) in [6, 6.07) is 8.23.